The lowest BCUT2D eigenvalue weighted by Gasteiger charge is -2.38. The molecule has 2 aromatic carbocycles. The molecule has 3 atom stereocenters. The molecule has 4 rings (SSSR count). The summed E-state index contributed by atoms with van der Waals surface area (Å²) in [5.74, 6) is 1.07. The first-order chi connectivity index (χ1) is 13.0. The van der Waals surface area contributed by atoms with Gasteiger partial charge in [-0.05, 0) is 42.2 Å². The molecule has 0 fully saturated rings. The number of allylic oxidation sites excluding steroid dienone is 2. The van der Waals surface area contributed by atoms with E-state index >= 15 is 0 Å². The highest BCUT2D eigenvalue weighted by molar-refractivity contribution is 6.36. The van der Waals surface area contributed by atoms with E-state index in [1.165, 1.54) is 6.92 Å². The Morgan fingerprint density at radius 1 is 1.15 bits per heavy atom. The van der Waals surface area contributed by atoms with Crippen LogP contribution in [0.3, 0.4) is 0 Å². The minimum absolute atomic E-state index is 0.0359. The van der Waals surface area contributed by atoms with Gasteiger partial charge < -0.3 is 14.8 Å². The van der Waals surface area contributed by atoms with Gasteiger partial charge in [0, 0.05) is 23.4 Å². The summed E-state index contributed by atoms with van der Waals surface area (Å²) in [4.78, 5) is 11.3. The Balaban J connectivity index is 1.76. The Labute approximate surface area is 168 Å². The maximum absolute atomic E-state index is 11.3. The number of hydrogen-bond donors (Lipinski definition) is 1. The van der Waals surface area contributed by atoms with Gasteiger partial charge in [0.05, 0.1) is 23.9 Å². The molecule has 2 aliphatic rings. The largest absolute Gasteiger partial charge is 0.493 e. The number of benzene rings is 2. The molecule has 3 unspecified atom stereocenters. The Kier molecular flexibility index (Phi) is 4.79. The molecule has 2 aromatic rings. The van der Waals surface area contributed by atoms with Crippen LogP contribution in [0.2, 0.25) is 10.0 Å². The van der Waals surface area contributed by atoms with Crippen LogP contribution in [-0.2, 0) is 4.79 Å². The summed E-state index contributed by atoms with van der Waals surface area (Å²) in [6, 6.07) is 9.34. The summed E-state index contributed by atoms with van der Waals surface area (Å²) in [5, 5.41) is 4.97. The second-order valence-corrected chi connectivity index (χ2v) is 7.61. The summed E-state index contributed by atoms with van der Waals surface area (Å²) < 4.78 is 10.7. The Bertz CT molecular complexity index is 941. The van der Waals surface area contributed by atoms with Crippen molar-refractivity contribution >= 4 is 34.9 Å². The van der Waals surface area contributed by atoms with Gasteiger partial charge in [0.2, 0.25) is 0 Å². The van der Waals surface area contributed by atoms with Crippen LogP contribution in [0, 0.1) is 5.92 Å². The van der Waals surface area contributed by atoms with Crippen LogP contribution in [-0.4, -0.2) is 13.1 Å². The lowest BCUT2D eigenvalue weighted by atomic mass is 9.77. The molecule has 140 valence electrons. The average molecular weight is 404 g/mol. The zero-order valence-electron chi connectivity index (χ0n) is 15.0. The van der Waals surface area contributed by atoms with Gasteiger partial charge in [-0.25, -0.2) is 0 Å². The fraction of sp³-hybridized carbons (Fsp3) is 0.286. The highest BCUT2D eigenvalue weighted by atomic mass is 35.5. The number of nitrogens with one attached hydrogen (secondary N) is 1. The normalized spacial score (nSPS) is 22.6. The zero-order chi connectivity index (χ0) is 19.1. The lowest BCUT2D eigenvalue weighted by molar-refractivity contribution is -0.132. The number of hydrogen-bond acceptors (Lipinski definition) is 4. The molecule has 1 heterocycles. The van der Waals surface area contributed by atoms with Crippen LogP contribution in [0.1, 0.15) is 36.4 Å². The minimum atomic E-state index is -0.382. The van der Waals surface area contributed by atoms with Crippen molar-refractivity contribution < 1.29 is 14.3 Å². The molecule has 6 heteroatoms. The maximum atomic E-state index is 11.3. The summed E-state index contributed by atoms with van der Waals surface area (Å²) in [7, 11) is 1.56. The standard InChI is InChI=1S/C21H19Cl2NO3/c1-11(25)27-17-9-6-12(10-18(17)26-2)20-14-5-3-4-13(14)19-15(22)7-8-16(23)21(19)24-20/h3-4,6-10,13-14,20,24H,5H2,1-2H3. The van der Waals surface area contributed by atoms with E-state index < -0.39 is 0 Å². The number of fused-ring (bicyclic) bond motifs is 3. The second kappa shape index (κ2) is 7.10. The van der Waals surface area contributed by atoms with Crippen molar-refractivity contribution in [2.75, 3.05) is 12.4 Å². The molecule has 0 aromatic heterocycles. The smallest absolute Gasteiger partial charge is 0.308 e. The number of anilines is 1. The zero-order valence-corrected chi connectivity index (χ0v) is 16.5. The highest BCUT2D eigenvalue weighted by Gasteiger charge is 2.40. The molecular formula is C21H19Cl2NO3. The molecule has 0 bridgehead atoms. The molecule has 0 spiro atoms. The lowest BCUT2D eigenvalue weighted by Crippen LogP contribution is -2.29. The van der Waals surface area contributed by atoms with Crippen LogP contribution >= 0.6 is 23.2 Å². The molecule has 1 aliphatic carbocycles. The van der Waals surface area contributed by atoms with Gasteiger partial charge in [-0.2, -0.15) is 0 Å². The minimum Gasteiger partial charge on any atom is -0.493 e. The molecule has 0 saturated heterocycles. The molecule has 1 N–H and O–H groups in total. The third-order valence-corrected chi connectivity index (χ3v) is 5.86. The van der Waals surface area contributed by atoms with E-state index in [1.807, 2.05) is 24.3 Å². The predicted octanol–water partition coefficient (Wildman–Crippen LogP) is 5.75. The first-order valence-corrected chi connectivity index (χ1v) is 9.52. The Morgan fingerprint density at radius 2 is 1.93 bits per heavy atom. The summed E-state index contributed by atoms with van der Waals surface area (Å²) in [5.41, 5.74) is 2.98. The molecule has 0 amide bonds. The van der Waals surface area contributed by atoms with Crippen molar-refractivity contribution in [3.8, 4) is 11.5 Å². The van der Waals surface area contributed by atoms with E-state index in [0.29, 0.717) is 22.4 Å². The predicted molar refractivity (Wildman–Crippen MR) is 107 cm³/mol. The number of halogens is 2. The van der Waals surface area contributed by atoms with Crippen LogP contribution in [0.25, 0.3) is 0 Å². The van der Waals surface area contributed by atoms with Crippen molar-refractivity contribution in [3.63, 3.8) is 0 Å². The highest BCUT2D eigenvalue weighted by Crippen LogP contribution is 2.54. The third-order valence-electron chi connectivity index (χ3n) is 5.22. The maximum Gasteiger partial charge on any atom is 0.308 e. The van der Waals surface area contributed by atoms with E-state index in [1.54, 1.807) is 13.2 Å². The third kappa shape index (κ3) is 3.17. The van der Waals surface area contributed by atoms with Crippen LogP contribution < -0.4 is 14.8 Å². The van der Waals surface area contributed by atoms with Crippen LogP contribution in [0.4, 0.5) is 5.69 Å². The number of ether oxygens (including phenoxy) is 2. The number of methoxy groups -OCH3 is 1. The molecule has 0 radical (unpaired) electrons. The van der Waals surface area contributed by atoms with Gasteiger partial charge >= 0.3 is 5.97 Å². The molecule has 0 saturated carbocycles. The number of esters is 1. The molecule has 1 aliphatic heterocycles. The van der Waals surface area contributed by atoms with Gasteiger partial charge in [0.15, 0.2) is 11.5 Å². The molecular weight excluding hydrogens is 385 g/mol. The summed E-state index contributed by atoms with van der Waals surface area (Å²) in [6.07, 6.45) is 5.35. The first-order valence-electron chi connectivity index (χ1n) is 8.77. The van der Waals surface area contributed by atoms with Gasteiger partial charge in [-0.15, -0.1) is 0 Å². The van der Waals surface area contributed by atoms with Gasteiger partial charge in [0.1, 0.15) is 0 Å². The van der Waals surface area contributed by atoms with Gasteiger partial charge in [0.25, 0.3) is 0 Å². The Morgan fingerprint density at radius 3 is 2.67 bits per heavy atom. The summed E-state index contributed by atoms with van der Waals surface area (Å²) >= 11 is 13.0. The first kappa shape index (κ1) is 18.2. The van der Waals surface area contributed by atoms with E-state index in [2.05, 4.69) is 17.5 Å². The van der Waals surface area contributed by atoms with E-state index in [4.69, 9.17) is 32.7 Å². The van der Waals surface area contributed by atoms with Crippen molar-refractivity contribution in [2.45, 2.75) is 25.3 Å². The van der Waals surface area contributed by atoms with Crippen molar-refractivity contribution in [1.82, 2.24) is 0 Å². The topological polar surface area (TPSA) is 47.6 Å². The quantitative estimate of drug-likeness (QED) is 0.402. The summed E-state index contributed by atoms with van der Waals surface area (Å²) in [6.45, 7) is 1.37. The Hall–Kier alpha value is -2.17. The number of carbonyl (C=O) groups excluding carboxylic acids is 1. The van der Waals surface area contributed by atoms with Crippen molar-refractivity contribution in [3.05, 3.63) is 63.7 Å². The SMILES string of the molecule is COc1cc(C2Nc3c(Cl)ccc(Cl)c3C3C=CCC32)ccc1OC(C)=O. The second-order valence-electron chi connectivity index (χ2n) is 6.80. The van der Waals surface area contributed by atoms with Crippen molar-refractivity contribution in [2.24, 2.45) is 5.92 Å². The van der Waals surface area contributed by atoms with Gasteiger partial charge in [-0.3, -0.25) is 4.79 Å². The fourth-order valence-electron chi connectivity index (χ4n) is 4.08. The molecule has 4 nitrogen and oxygen atoms in total. The van der Waals surface area contributed by atoms with E-state index in [9.17, 15) is 4.79 Å². The fourth-order valence-corrected chi connectivity index (χ4v) is 4.58. The van der Waals surface area contributed by atoms with Crippen LogP contribution in [0.15, 0.2) is 42.5 Å². The van der Waals surface area contributed by atoms with E-state index in [0.717, 1.165) is 28.3 Å². The monoisotopic (exact) mass is 403 g/mol. The van der Waals surface area contributed by atoms with Crippen LogP contribution in [0.5, 0.6) is 11.5 Å². The van der Waals surface area contributed by atoms with Crippen molar-refractivity contribution in [1.29, 1.82) is 0 Å². The number of rotatable bonds is 3. The van der Waals surface area contributed by atoms with E-state index in [-0.39, 0.29) is 17.9 Å². The van der Waals surface area contributed by atoms with Gasteiger partial charge in [-0.1, -0.05) is 41.4 Å². The molecule has 27 heavy (non-hydrogen) atoms. The average Bonchev–Trinajstić information content (AvgIpc) is 3.13. The number of carbonyl (C=O) groups is 1.